The lowest BCUT2D eigenvalue weighted by atomic mass is 10.1. The minimum atomic E-state index is -1.05. The van der Waals surface area contributed by atoms with Gasteiger partial charge in [-0.1, -0.05) is 30.3 Å². The van der Waals surface area contributed by atoms with Crippen molar-refractivity contribution >= 4 is 52.0 Å². The second-order valence-corrected chi connectivity index (χ2v) is 7.40. The van der Waals surface area contributed by atoms with Gasteiger partial charge in [-0.3, -0.25) is 9.89 Å². The van der Waals surface area contributed by atoms with Crippen LogP contribution >= 0.6 is 11.3 Å². The quantitative estimate of drug-likeness (QED) is 0.434. The number of rotatable bonds is 5. The molecule has 2 aromatic carbocycles. The first kappa shape index (κ1) is 18.6. The smallest absolute Gasteiger partial charge is 0.335 e. The number of anilines is 1. The summed E-state index contributed by atoms with van der Waals surface area (Å²) in [4.78, 5) is 24.6. The molecule has 144 valence electrons. The molecule has 1 amide bonds. The normalized spacial score (nSPS) is 11.2. The van der Waals surface area contributed by atoms with Gasteiger partial charge < -0.3 is 10.4 Å². The maximum Gasteiger partial charge on any atom is 0.335 e. The predicted molar refractivity (Wildman–Crippen MR) is 115 cm³/mol. The number of para-hydroxylation sites is 1. The van der Waals surface area contributed by atoms with Crippen LogP contribution < -0.4 is 5.32 Å². The van der Waals surface area contributed by atoms with E-state index < -0.39 is 5.97 Å². The van der Waals surface area contributed by atoms with Crippen LogP contribution in [0.3, 0.4) is 0 Å². The lowest BCUT2D eigenvalue weighted by molar-refractivity contribution is 0.0696. The molecule has 0 saturated carbocycles. The number of carbonyl (C=O) groups is 2. The highest BCUT2D eigenvalue weighted by atomic mass is 32.1. The predicted octanol–water partition coefficient (Wildman–Crippen LogP) is 5.05. The Morgan fingerprint density at radius 2 is 1.97 bits per heavy atom. The maximum absolute atomic E-state index is 12.6. The number of aryl methyl sites for hydroxylation is 1. The molecule has 0 aliphatic rings. The summed E-state index contributed by atoms with van der Waals surface area (Å²) in [7, 11) is 0. The average molecular weight is 403 g/mol. The lowest BCUT2D eigenvalue weighted by Gasteiger charge is -2.10. The number of nitrogens with zero attached hydrogens (tertiary/aromatic N) is 1. The number of benzene rings is 2. The Hall–Kier alpha value is -3.71. The van der Waals surface area contributed by atoms with Gasteiger partial charge in [-0.25, -0.2) is 4.79 Å². The SMILES string of the molecule is Cc1ccsc1C(=O)Nc1cc(C(=O)O)ccc1/C=C/c1n[nH]c2ccccc12. The van der Waals surface area contributed by atoms with Crippen molar-refractivity contribution in [2.75, 3.05) is 5.32 Å². The monoisotopic (exact) mass is 403 g/mol. The number of H-pyrrole nitrogens is 1. The highest BCUT2D eigenvalue weighted by Crippen LogP contribution is 2.25. The van der Waals surface area contributed by atoms with E-state index in [0.717, 1.165) is 22.2 Å². The molecule has 6 nitrogen and oxygen atoms in total. The number of fused-ring (bicyclic) bond motifs is 1. The van der Waals surface area contributed by atoms with Gasteiger partial charge in [0.05, 0.1) is 21.7 Å². The summed E-state index contributed by atoms with van der Waals surface area (Å²) < 4.78 is 0. The van der Waals surface area contributed by atoms with Crippen molar-refractivity contribution in [1.29, 1.82) is 0 Å². The average Bonchev–Trinajstić information content (AvgIpc) is 3.33. The van der Waals surface area contributed by atoms with Crippen molar-refractivity contribution in [3.05, 3.63) is 81.2 Å². The summed E-state index contributed by atoms with van der Waals surface area (Å²) in [5, 5.41) is 22.3. The summed E-state index contributed by atoms with van der Waals surface area (Å²) in [5.74, 6) is -1.32. The molecule has 0 unspecified atom stereocenters. The van der Waals surface area contributed by atoms with Crippen LogP contribution in [-0.2, 0) is 0 Å². The molecule has 0 saturated heterocycles. The fourth-order valence-electron chi connectivity index (χ4n) is 3.01. The number of hydrogen-bond donors (Lipinski definition) is 3. The van der Waals surface area contributed by atoms with Gasteiger partial charge in [-0.05, 0) is 53.8 Å². The molecule has 0 atom stereocenters. The Labute approximate surface area is 170 Å². The molecule has 0 bridgehead atoms. The first-order valence-corrected chi connectivity index (χ1v) is 9.75. The number of carbonyl (C=O) groups excluding carboxylic acids is 1. The van der Waals surface area contributed by atoms with E-state index in [-0.39, 0.29) is 11.5 Å². The summed E-state index contributed by atoms with van der Waals surface area (Å²) in [6.45, 7) is 1.86. The third-order valence-electron chi connectivity index (χ3n) is 4.54. The Morgan fingerprint density at radius 3 is 2.72 bits per heavy atom. The second-order valence-electron chi connectivity index (χ2n) is 6.48. The van der Waals surface area contributed by atoms with Crippen LogP contribution in [0.5, 0.6) is 0 Å². The highest BCUT2D eigenvalue weighted by molar-refractivity contribution is 7.12. The van der Waals surface area contributed by atoms with E-state index >= 15 is 0 Å². The van der Waals surface area contributed by atoms with E-state index in [0.29, 0.717) is 16.1 Å². The molecule has 2 aromatic heterocycles. The van der Waals surface area contributed by atoms with Crippen molar-refractivity contribution in [2.45, 2.75) is 6.92 Å². The molecule has 7 heteroatoms. The zero-order valence-corrected chi connectivity index (χ0v) is 16.3. The number of carboxylic acids is 1. The van der Waals surface area contributed by atoms with Crippen molar-refractivity contribution in [2.24, 2.45) is 0 Å². The Balaban J connectivity index is 1.70. The molecule has 0 radical (unpaired) electrons. The molecular formula is C22H17N3O3S. The zero-order chi connectivity index (χ0) is 20.4. The molecule has 2 heterocycles. The van der Waals surface area contributed by atoms with Gasteiger partial charge in [-0.2, -0.15) is 5.10 Å². The van der Waals surface area contributed by atoms with Crippen LogP contribution in [-0.4, -0.2) is 27.2 Å². The van der Waals surface area contributed by atoms with Gasteiger partial charge in [0.1, 0.15) is 0 Å². The molecule has 4 rings (SSSR count). The van der Waals surface area contributed by atoms with Crippen LogP contribution in [0, 0.1) is 6.92 Å². The zero-order valence-electron chi connectivity index (χ0n) is 15.5. The maximum atomic E-state index is 12.6. The number of thiophene rings is 1. The van der Waals surface area contributed by atoms with Crippen LogP contribution in [0.25, 0.3) is 23.1 Å². The number of carboxylic acid groups (broad SMARTS) is 1. The van der Waals surface area contributed by atoms with Gasteiger partial charge in [0.25, 0.3) is 5.91 Å². The number of aromatic carboxylic acids is 1. The van der Waals surface area contributed by atoms with Crippen LogP contribution in [0.4, 0.5) is 5.69 Å². The number of aromatic nitrogens is 2. The Kier molecular flexibility index (Phi) is 4.97. The summed E-state index contributed by atoms with van der Waals surface area (Å²) in [6, 6.07) is 14.3. The third-order valence-corrected chi connectivity index (χ3v) is 5.55. The first-order chi connectivity index (χ1) is 14.0. The highest BCUT2D eigenvalue weighted by Gasteiger charge is 2.14. The van der Waals surface area contributed by atoms with E-state index in [2.05, 4.69) is 15.5 Å². The molecular weight excluding hydrogens is 386 g/mol. The van der Waals surface area contributed by atoms with E-state index in [1.165, 1.54) is 23.5 Å². The number of amides is 1. The van der Waals surface area contributed by atoms with Gasteiger partial charge in [0, 0.05) is 11.1 Å². The minimum absolute atomic E-state index is 0.102. The largest absolute Gasteiger partial charge is 0.478 e. The van der Waals surface area contributed by atoms with E-state index in [1.54, 1.807) is 6.07 Å². The summed E-state index contributed by atoms with van der Waals surface area (Å²) >= 11 is 1.35. The number of hydrogen-bond acceptors (Lipinski definition) is 4. The molecule has 4 aromatic rings. The second kappa shape index (κ2) is 7.73. The van der Waals surface area contributed by atoms with Crippen molar-refractivity contribution < 1.29 is 14.7 Å². The number of aromatic amines is 1. The molecule has 29 heavy (non-hydrogen) atoms. The number of nitrogens with one attached hydrogen (secondary N) is 2. The van der Waals surface area contributed by atoms with Gasteiger partial charge in [0.2, 0.25) is 0 Å². The summed E-state index contributed by atoms with van der Waals surface area (Å²) in [6.07, 6.45) is 3.64. The van der Waals surface area contributed by atoms with Crippen molar-refractivity contribution in [3.63, 3.8) is 0 Å². The van der Waals surface area contributed by atoms with Crippen LogP contribution in [0.1, 0.15) is 36.9 Å². The fourth-order valence-corrected chi connectivity index (χ4v) is 3.83. The van der Waals surface area contributed by atoms with Gasteiger partial charge in [0.15, 0.2) is 0 Å². The topological polar surface area (TPSA) is 95.1 Å². The van der Waals surface area contributed by atoms with E-state index in [4.69, 9.17) is 0 Å². The summed E-state index contributed by atoms with van der Waals surface area (Å²) in [5.41, 5.74) is 3.78. The van der Waals surface area contributed by atoms with Crippen LogP contribution in [0.2, 0.25) is 0 Å². The first-order valence-electron chi connectivity index (χ1n) is 8.87. The minimum Gasteiger partial charge on any atom is -0.478 e. The molecule has 3 N–H and O–H groups in total. The van der Waals surface area contributed by atoms with E-state index in [1.807, 2.05) is 54.8 Å². The Morgan fingerprint density at radius 1 is 1.14 bits per heavy atom. The van der Waals surface area contributed by atoms with Crippen molar-refractivity contribution in [1.82, 2.24) is 10.2 Å². The Bertz CT molecular complexity index is 1250. The van der Waals surface area contributed by atoms with Gasteiger partial charge >= 0.3 is 5.97 Å². The lowest BCUT2D eigenvalue weighted by Crippen LogP contribution is -2.13. The van der Waals surface area contributed by atoms with Gasteiger partial charge in [-0.15, -0.1) is 11.3 Å². The van der Waals surface area contributed by atoms with E-state index in [9.17, 15) is 14.7 Å². The molecule has 0 aliphatic heterocycles. The molecule has 0 spiro atoms. The third kappa shape index (κ3) is 3.81. The molecule has 0 fully saturated rings. The standard InChI is InChI=1S/C22H17N3O3S/c1-13-10-11-29-20(13)21(26)23-19-12-15(22(27)28)7-6-14(19)8-9-18-16-4-2-3-5-17(16)24-25-18/h2-12H,1H3,(H,23,26)(H,24,25)(H,27,28)/b9-8+. The molecule has 0 aliphatic carbocycles. The van der Waals surface area contributed by atoms with Crippen LogP contribution in [0.15, 0.2) is 53.9 Å². The van der Waals surface area contributed by atoms with Crippen molar-refractivity contribution in [3.8, 4) is 0 Å². The fraction of sp³-hybridized carbons (Fsp3) is 0.0455.